The van der Waals surface area contributed by atoms with Crippen molar-refractivity contribution in [3.8, 4) is 5.75 Å². The van der Waals surface area contributed by atoms with Crippen LogP contribution < -0.4 is 4.74 Å². The van der Waals surface area contributed by atoms with E-state index < -0.39 is 0 Å². The summed E-state index contributed by atoms with van der Waals surface area (Å²) in [5, 5.41) is 0. The Morgan fingerprint density at radius 2 is 1.38 bits per heavy atom. The molecule has 0 unspecified atom stereocenters. The summed E-state index contributed by atoms with van der Waals surface area (Å²) in [6, 6.07) is 27.2. The third-order valence-corrected chi connectivity index (χ3v) is 4.89. The van der Waals surface area contributed by atoms with Crippen molar-refractivity contribution in [2.75, 3.05) is 14.2 Å². The highest BCUT2D eigenvalue weighted by Crippen LogP contribution is 2.44. The van der Waals surface area contributed by atoms with Gasteiger partial charge in [-0.1, -0.05) is 67.2 Å². The van der Waals surface area contributed by atoms with Crippen LogP contribution in [0.25, 0.3) is 17.0 Å². The highest BCUT2D eigenvalue weighted by molar-refractivity contribution is 6.05. The van der Waals surface area contributed by atoms with Crippen molar-refractivity contribution in [3.63, 3.8) is 0 Å². The molecule has 0 spiro atoms. The molecule has 0 aromatic heterocycles. The average Bonchev–Trinajstić information content (AvgIpc) is 2.71. The van der Waals surface area contributed by atoms with Crippen molar-refractivity contribution in [2.45, 2.75) is 0 Å². The lowest BCUT2D eigenvalue weighted by atomic mass is 9.85. The molecular formula is C24H21NO. The van der Waals surface area contributed by atoms with Crippen LogP contribution >= 0.6 is 0 Å². The van der Waals surface area contributed by atoms with Gasteiger partial charge >= 0.3 is 0 Å². The minimum absolute atomic E-state index is 0.842. The third-order valence-electron chi connectivity index (χ3n) is 4.89. The standard InChI is InChI=1S/C24H21NO/c1-17-22-16-20(26-3)14-15-21(22)23(18-10-6-4-7-11-18)24(25(17)2)19-12-8-5-9-13-19/h4-16H,1H2,2-3H3. The Labute approximate surface area is 154 Å². The van der Waals surface area contributed by atoms with Gasteiger partial charge < -0.3 is 9.64 Å². The molecule has 0 saturated heterocycles. The van der Waals surface area contributed by atoms with Gasteiger partial charge in [0.2, 0.25) is 0 Å². The summed E-state index contributed by atoms with van der Waals surface area (Å²) in [5.74, 6) is 0.842. The Balaban J connectivity index is 2.07. The lowest BCUT2D eigenvalue weighted by Crippen LogP contribution is -2.22. The lowest BCUT2D eigenvalue weighted by Gasteiger charge is -2.35. The van der Waals surface area contributed by atoms with Crippen molar-refractivity contribution < 1.29 is 4.74 Å². The second-order valence-corrected chi connectivity index (χ2v) is 6.37. The van der Waals surface area contributed by atoms with E-state index in [0.29, 0.717) is 0 Å². The second-order valence-electron chi connectivity index (χ2n) is 6.37. The monoisotopic (exact) mass is 339 g/mol. The van der Waals surface area contributed by atoms with E-state index in [1.807, 2.05) is 18.2 Å². The van der Waals surface area contributed by atoms with Crippen LogP contribution in [0.15, 0.2) is 85.4 Å². The van der Waals surface area contributed by atoms with Gasteiger partial charge in [-0.05, 0) is 34.9 Å². The summed E-state index contributed by atoms with van der Waals surface area (Å²) < 4.78 is 5.44. The number of methoxy groups -OCH3 is 1. The molecule has 0 saturated carbocycles. The Morgan fingerprint density at radius 1 is 0.769 bits per heavy atom. The fourth-order valence-corrected chi connectivity index (χ4v) is 3.55. The zero-order valence-corrected chi connectivity index (χ0v) is 15.1. The van der Waals surface area contributed by atoms with E-state index in [1.54, 1.807) is 7.11 Å². The quantitative estimate of drug-likeness (QED) is 0.622. The predicted octanol–water partition coefficient (Wildman–Crippen LogP) is 5.53. The van der Waals surface area contributed by atoms with Gasteiger partial charge in [0.1, 0.15) is 5.75 Å². The summed E-state index contributed by atoms with van der Waals surface area (Å²) in [5.41, 5.74) is 8.00. The Hall–Kier alpha value is -3.26. The summed E-state index contributed by atoms with van der Waals surface area (Å²) in [7, 11) is 3.77. The van der Waals surface area contributed by atoms with Crippen LogP contribution in [0.2, 0.25) is 0 Å². The van der Waals surface area contributed by atoms with E-state index in [9.17, 15) is 0 Å². The van der Waals surface area contributed by atoms with E-state index in [4.69, 9.17) is 4.74 Å². The van der Waals surface area contributed by atoms with Crippen molar-refractivity contribution in [1.29, 1.82) is 0 Å². The molecule has 2 heteroatoms. The SMILES string of the molecule is C=C1c2cc(OC)ccc2C(c2ccccc2)=C(c2ccccc2)N1C. The van der Waals surface area contributed by atoms with Crippen molar-refractivity contribution in [2.24, 2.45) is 0 Å². The second kappa shape index (κ2) is 6.57. The lowest BCUT2D eigenvalue weighted by molar-refractivity contribution is 0.414. The third kappa shape index (κ3) is 2.60. The van der Waals surface area contributed by atoms with E-state index in [0.717, 1.165) is 17.0 Å². The first kappa shape index (κ1) is 16.2. The zero-order chi connectivity index (χ0) is 18.1. The molecule has 1 heterocycles. The summed E-state index contributed by atoms with van der Waals surface area (Å²) >= 11 is 0. The molecule has 0 bridgehead atoms. The summed E-state index contributed by atoms with van der Waals surface area (Å²) in [4.78, 5) is 2.18. The maximum Gasteiger partial charge on any atom is 0.119 e. The number of benzene rings is 3. The number of rotatable bonds is 3. The van der Waals surface area contributed by atoms with Crippen LogP contribution in [-0.2, 0) is 0 Å². The van der Waals surface area contributed by atoms with Crippen LogP contribution in [0, 0.1) is 0 Å². The molecule has 2 nitrogen and oxygen atoms in total. The number of ether oxygens (including phenoxy) is 1. The van der Waals surface area contributed by atoms with Crippen molar-refractivity contribution in [1.82, 2.24) is 4.90 Å². The molecule has 1 aliphatic heterocycles. The van der Waals surface area contributed by atoms with E-state index in [1.165, 1.54) is 28.0 Å². The number of nitrogens with zero attached hydrogens (tertiary/aromatic N) is 1. The van der Waals surface area contributed by atoms with Gasteiger partial charge in [-0.2, -0.15) is 0 Å². The first-order valence-electron chi connectivity index (χ1n) is 8.67. The summed E-state index contributed by atoms with van der Waals surface area (Å²) in [6.07, 6.45) is 0. The maximum atomic E-state index is 5.44. The molecule has 0 radical (unpaired) electrons. The van der Waals surface area contributed by atoms with E-state index in [2.05, 4.69) is 79.2 Å². The molecule has 3 aromatic carbocycles. The Morgan fingerprint density at radius 3 is 2.00 bits per heavy atom. The molecule has 4 rings (SSSR count). The van der Waals surface area contributed by atoms with E-state index >= 15 is 0 Å². The Kier molecular flexibility index (Phi) is 4.10. The van der Waals surface area contributed by atoms with Gasteiger partial charge in [0, 0.05) is 23.9 Å². The highest BCUT2D eigenvalue weighted by Gasteiger charge is 2.27. The van der Waals surface area contributed by atoms with E-state index in [-0.39, 0.29) is 0 Å². The van der Waals surface area contributed by atoms with Crippen molar-refractivity contribution in [3.05, 3.63) is 108 Å². The molecule has 3 aromatic rings. The molecule has 128 valence electrons. The molecular weight excluding hydrogens is 318 g/mol. The molecule has 0 amide bonds. The fourth-order valence-electron chi connectivity index (χ4n) is 3.55. The molecule has 0 atom stereocenters. The Bertz CT molecular complexity index is 987. The van der Waals surface area contributed by atoms with Gasteiger partial charge in [-0.3, -0.25) is 0 Å². The van der Waals surface area contributed by atoms with Crippen LogP contribution in [0.4, 0.5) is 0 Å². The first-order valence-corrected chi connectivity index (χ1v) is 8.67. The number of fused-ring (bicyclic) bond motifs is 1. The molecule has 26 heavy (non-hydrogen) atoms. The summed E-state index contributed by atoms with van der Waals surface area (Å²) in [6.45, 7) is 4.35. The van der Waals surface area contributed by atoms with Crippen LogP contribution in [-0.4, -0.2) is 19.1 Å². The van der Waals surface area contributed by atoms with Gasteiger partial charge in [-0.25, -0.2) is 0 Å². The maximum absolute atomic E-state index is 5.44. The fraction of sp³-hybridized carbons (Fsp3) is 0.0833. The molecule has 1 aliphatic rings. The highest BCUT2D eigenvalue weighted by atomic mass is 16.5. The van der Waals surface area contributed by atoms with Crippen molar-refractivity contribution >= 4 is 17.0 Å². The zero-order valence-electron chi connectivity index (χ0n) is 15.1. The van der Waals surface area contributed by atoms with Crippen LogP contribution in [0.3, 0.4) is 0 Å². The molecule has 0 aliphatic carbocycles. The number of hydrogen-bond donors (Lipinski definition) is 0. The van der Waals surface area contributed by atoms with Gasteiger partial charge in [-0.15, -0.1) is 0 Å². The van der Waals surface area contributed by atoms with Gasteiger partial charge in [0.15, 0.2) is 0 Å². The largest absolute Gasteiger partial charge is 0.497 e. The average molecular weight is 339 g/mol. The smallest absolute Gasteiger partial charge is 0.119 e. The van der Waals surface area contributed by atoms with Gasteiger partial charge in [0.05, 0.1) is 12.8 Å². The van der Waals surface area contributed by atoms with Crippen LogP contribution in [0.1, 0.15) is 22.3 Å². The minimum Gasteiger partial charge on any atom is -0.497 e. The number of hydrogen-bond acceptors (Lipinski definition) is 2. The van der Waals surface area contributed by atoms with Crippen LogP contribution in [0.5, 0.6) is 5.75 Å². The normalized spacial score (nSPS) is 13.6. The predicted molar refractivity (Wildman–Crippen MR) is 109 cm³/mol. The topological polar surface area (TPSA) is 12.5 Å². The van der Waals surface area contributed by atoms with Gasteiger partial charge in [0.25, 0.3) is 0 Å². The first-order chi connectivity index (χ1) is 12.7. The molecule has 0 N–H and O–H groups in total. The molecule has 0 fully saturated rings. The minimum atomic E-state index is 0.842.